The van der Waals surface area contributed by atoms with Gasteiger partial charge in [0.1, 0.15) is 12.4 Å². The molecule has 30 heavy (non-hydrogen) atoms. The van der Waals surface area contributed by atoms with Crippen molar-refractivity contribution >= 4 is 16.9 Å². The summed E-state index contributed by atoms with van der Waals surface area (Å²) in [6.45, 7) is 4.17. The first-order chi connectivity index (χ1) is 14.1. The number of ether oxygens (including phenoxy) is 1. The Morgan fingerprint density at radius 3 is 2.50 bits per heavy atom. The second-order valence-corrected chi connectivity index (χ2v) is 6.65. The van der Waals surface area contributed by atoms with Gasteiger partial charge < -0.3 is 9.84 Å². The molecular formula is C21H19F3N2O4. The highest BCUT2D eigenvalue weighted by molar-refractivity contribution is 5.99. The van der Waals surface area contributed by atoms with Crippen molar-refractivity contribution in [3.05, 3.63) is 68.8 Å². The molecule has 9 heteroatoms. The van der Waals surface area contributed by atoms with E-state index >= 15 is 0 Å². The molecule has 0 amide bonds. The number of hydrogen-bond donors (Lipinski definition) is 1. The molecule has 1 aromatic heterocycles. The summed E-state index contributed by atoms with van der Waals surface area (Å²) in [5.41, 5.74) is -1.22. The normalized spacial score (nSPS) is 11.7. The predicted molar refractivity (Wildman–Crippen MR) is 104 cm³/mol. The van der Waals surface area contributed by atoms with Crippen LogP contribution < -0.4 is 5.56 Å². The largest absolute Gasteiger partial charge is 0.462 e. The number of carbonyl (C=O) groups excluding carboxylic acids is 1. The fourth-order valence-corrected chi connectivity index (χ4v) is 3.52. The Kier molecular flexibility index (Phi) is 5.67. The molecule has 0 aliphatic heterocycles. The van der Waals surface area contributed by atoms with Gasteiger partial charge in [0.15, 0.2) is 0 Å². The zero-order chi connectivity index (χ0) is 22.2. The molecule has 0 saturated heterocycles. The molecule has 0 aliphatic rings. The average molecular weight is 420 g/mol. The molecule has 3 rings (SSSR count). The van der Waals surface area contributed by atoms with Crippen molar-refractivity contribution in [2.24, 2.45) is 0 Å². The third kappa shape index (κ3) is 3.56. The van der Waals surface area contributed by atoms with Gasteiger partial charge in [-0.1, -0.05) is 12.1 Å². The molecule has 1 heterocycles. The quantitative estimate of drug-likeness (QED) is 0.651. The van der Waals surface area contributed by atoms with Gasteiger partial charge in [-0.25, -0.2) is 9.78 Å². The third-order valence-electron chi connectivity index (χ3n) is 4.75. The summed E-state index contributed by atoms with van der Waals surface area (Å²) in [7, 11) is 0. The molecule has 0 atom stereocenters. The molecule has 2 aromatic carbocycles. The highest BCUT2D eigenvalue weighted by Crippen LogP contribution is 2.34. The van der Waals surface area contributed by atoms with Crippen LogP contribution in [0.4, 0.5) is 13.2 Å². The van der Waals surface area contributed by atoms with Gasteiger partial charge in [-0.05, 0) is 50.1 Å². The van der Waals surface area contributed by atoms with Crippen molar-refractivity contribution in [2.45, 2.75) is 33.6 Å². The van der Waals surface area contributed by atoms with Crippen LogP contribution in [0.25, 0.3) is 16.6 Å². The van der Waals surface area contributed by atoms with Crippen LogP contribution in [0.2, 0.25) is 0 Å². The third-order valence-corrected chi connectivity index (χ3v) is 4.75. The zero-order valence-electron chi connectivity index (χ0n) is 16.5. The molecule has 0 aliphatic carbocycles. The Balaban J connectivity index is 2.45. The molecular weight excluding hydrogens is 401 g/mol. The van der Waals surface area contributed by atoms with E-state index in [2.05, 4.69) is 4.98 Å². The predicted octanol–water partition coefficient (Wildman–Crippen LogP) is 3.69. The van der Waals surface area contributed by atoms with Crippen molar-refractivity contribution in [2.75, 3.05) is 6.61 Å². The Hall–Kier alpha value is -3.20. The first kappa shape index (κ1) is 21.5. The van der Waals surface area contributed by atoms with Crippen LogP contribution >= 0.6 is 0 Å². The number of fused-ring (bicyclic) bond motifs is 1. The topological polar surface area (TPSA) is 81.4 Å². The molecule has 6 nitrogen and oxygen atoms in total. The van der Waals surface area contributed by atoms with Crippen LogP contribution in [0, 0.1) is 13.8 Å². The fourth-order valence-electron chi connectivity index (χ4n) is 3.52. The molecule has 0 saturated carbocycles. The number of nitrogens with zero attached hydrogens (tertiary/aromatic N) is 2. The number of aliphatic hydroxyl groups excluding tert-OH is 1. The zero-order valence-corrected chi connectivity index (χ0v) is 16.5. The van der Waals surface area contributed by atoms with Crippen molar-refractivity contribution in [3.8, 4) is 5.69 Å². The van der Waals surface area contributed by atoms with E-state index in [1.54, 1.807) is 13.8 Å². The van der Waals surface area contributed by atoms with Crippen LogP contribution in [0.15, 0.2) is 35.1 Å². The van der Waals surface area contributed by atoms with Crippen LogP contribution in [-0.4, -0.2) is 27.2 Å². The van der Waals surface area contributed by atoms with Gasteiger partial charge >= 0.3 is 12.1 Å². The van der Waals surface area contributed by atoms with Crippen molar-refractivity contribution in [3.63, 3.8) is 0 Å². The van der Waals surface area contributed by atoms with Gasteiger partial charge in [-0.2, -0.15) is 13.2 Å². The standard InChI is InChI=1S/C21H19F3N2O4/c1-4-30-20(29)17-11(2)9-14-18(12(17)3)19(28)26(16(10-27)25-14)15-8-6-5-7-13(15)21(22,23)24/h5-9,27H,4,10H2,1-3H3. The summed E-state index contributed by atoms with van der Waals surface area (Å²) >= 11 is 0. The van der Waals surface area contributed by atoms with Crippen molar-refractivity contribution in [1.82, 2.24) is 9.55 Å². The number of alkyl halides is 3. The Bertz CT molecular complexity index is 1200. The van der Waals surface area contributed by atoms with E-state index in [1.165, 1.54) is 25.1 Å². The molecule has 3 aromatic rings. The van der Waals surface area contributed by atoms with Crippen LogP contribution in [0.1, 0.15) is 39.8 Å². The SMILES string of the molecule is CCOC(=O)c1c(C)cc2nc(CO)n(-c3ccccc3C(F)(F)F)c(=O)c2c1C. The number of esters is 1. The van der Waals surface area contributed by atoms with Gasteiger partial charge in [0.05, 0.1) is 34.3 Å². The Labute approximate surface area is 169 Å². The molecule has 158 valence electrons. The number of aromatic nitrogens is 2. The summed E-state index contributed by atoms with van der Waals surface area (Å²) < 4.78 is 46.4. The molecule has 0 unspecified atom stereocenters. The van der Waals surface area contributed by atoms with Crippen molar-refractivity contribution in [1.29, 1.82) is 0 Å². The van der Waals surface area contributed by atoms with E-state index < -0.39 is 35.6 Å². The highest BCUT2D eigenvalue weighted by atomic mass is 19.4. The maximum atomic E-state index is 13.5. The summed E-state index contributed by atoms with van der Waals surface area (Å²) in [5.74, 6) is -0.880. The van der Waals surface area contributed by atoms with Crippen LogP contribution in [-0.2, 0) is 17.5 Å². The Morgan fingerprint density at radius 2 is 1.90 bits per heavy atom. The number of rotatable bonds is 4. The molecule has 0 spiro atoms. The number of para-hydroxylation sites is 1. The number of aliphatic hydroxyl groups is 1. The summed E-state index contributed by atoms with van der Waals surface area (Å²) in [6.07, 6.45) is -4.73. The number of aryl methyl sites for hydroxylation is 2. The number of benzene rings is 2. The van der Waals surface area contributed by atoms with Gasteiger partial charge in [0, 0.05) is 0 Å². The fraction of sp³-hybridized carbons (Fsp3) is 0.286. The minimum absolute atomic E-state index is 0.0159. The monoisotopic (exact) mass is 420 g/mol. The molecule has 0 radical (unpaired) electrons. The molecule has 0 bridgehead atoms. The lowest BCUT2D eigenvalue weighted by atomic mass is 9.98. The van der Waals surface area contributed by atoms with E-state index in [9.17, 15) is 27.9 Å². The molecule has 0 fully saturated rings. The van der Waals surface area contributed by atoms with Gasteiger partial charge in [-0.3, -0.25) is 9.36 Å². The van der Waals surface area contributed by atoms with Gasteiger partial charge in [-0.15, -0.1) is 0 Å². The van der Waals surface area contributed by atoms with E-state index in [4.69, 9.17) is 4.74 Å². The number of carbonyl (C=O) groups is 1. The average Bonchev–Trinajstić information content (AvgIpc) is 2.66. The number of hydrogen-bond acceptors (Lipinski definition) is 5. The van der Waals surface area contributed by atoms with E-state index in [0.717, 1.165) is 16.7 Å². The smallest absolute Gasteiger partial charge is 0.418 e. The van der Waals surface area contributed by atoms with Gasteiger partial charge in [0.2, 0.25) is 0 Å². The van der Waals surface area contributed by atoms with Crippen LogP contribution in [0.5, 0.6) is 0 Å². The summed E-state index contributed by atoms with van der Waals surface area (Å²) in [5, 5.41) is 9.72. The highest BCUT2D eigenvalue weighted by Gasteiger charge is 2.34. The number of halogens is 3. The van der Waals surface area contributed by atoms with E-state index in [1.807, 2.05) is 0 Å². The Morgan fingerprint density at radius 1 is 1.23 bits per heavy atom. The summed E-state index contributed by atoms with van der Waals surface area (Å²) in [6, 6.07) is 6.02. The minimum Gasteiger partial charge on any atom is -0.462 e. The van der Waals surface area contributed by atoms with Crippen LogP contribution in [0.3, 0.4) is 0 Å². The second-order valence-electron chi connectivity index (χ2n) is 6.65. The van der Waals surface area contributed by atoms with Crippen molar-refractivity contribution < 1.29 is 27.8 Å². The minimum atomic E-state index is -4.73. The molecule has 1 N–H and O–H groups in total. The first-order valence-corrected chi connectivity index (χ1v) is 9.12. The second kappa shape index (κ2) is 7.91. The van der Waals surface area contributed by atoms with Gasteiger partial charge in [0.25, 0.3) is 5.56 Å². The summed E-state index contributed by atoms with van der Waals surface area (Å²) in [4.78, 5) is 29.9. The maximum absolute atomic E-state index is 13.5. The maximum Gasteiger partial charge on any atom is 0.418 e. The lowest BCUT2D eigenvalue weighted by molar-refractivity contribution is -0.137. The lowest BCUT2D eigenvalue weighted by Crippen LogP contribution is -2.27. The van der Waals surface area contributed by atoms with E-state index in [-0.39, 0.29) is 34.5 Å². The lowest BCUT2D eigenvalue weighted by Gasteiger charge is -2.19. The van der Waals surface area contributed by atoms with E-state index in [0.29, 0.717) is 5.56 Å². The first-order valence-electron chi connectivity index (χ1n) is 9.12.